The minimum absolute atomic E-state index is 0.168. The number of nitrogens with zero attached hydrogens (tertiary/aromatic N) is 1. The van der Waals surface area contributed by atoms with E-state index in [0.717, 1.165) is 14.0 Å². The van der Waals surface area contributed by atoms with Crippen molar-refractivity contribution in [2.75, 3.05) is 6.54 Å². The van der Waals surface area contributed by atoms with Gasteiger partial charge in [-0.15, -0.1) is 11.3 Å². The molecule has 2 heterocycles. The number of rotatable bonds is 5. The first-order valence-corrected chi connectivity index (χ1v) is 9.93. The average Bonchev–Trinajstić information content (AvgIpc) is 2.92. The molecule has 1 aromatic carbocycles. The van der Waals surface area contributed by atoms with Crippen molar-refractivity contribution in [2.45, 2.75) is 20.5 Å². The van der Waals surface area contributed by atoms with Crippen LogP contribution in [0.2, 0.25) is 0 Å². The molecule has 0 unspecified atom stereocenters. The largest absolute Gasteiger partial charge is 0.456 e. The van der Waals surface area contributed by atoms with Crippen molar-refractivity contribution in [3.63, 3.8) is 0 Å². The Hall–Kier alpha value is -2.27. The Labute approximate surface area is 172 Å². The molecule has 2 N–H and O–H groups in total. The van der Waals surface area contributed by atoms with Gasteiger partial charge in [-0.25, -0.2) is 4.98 Å². The van der Waals surface area contributed by atoms with Gasteiger partial charge in [-0.3, -0.25) is 14.4 Å². The zero-order valence-electron chi connectivity index (χ0n) is 14.6. The van der Waals surface area contributed by atoms with Gasteiger partial charge >= 0.3 is 5.97 Å². The molecule has 0 aliphatic carbocycles. The number of H-pyrrole nitrogens is 1. The maximum atomic E-state index is 12.2. The Balaban J connectivity index is 1.59. The molecule has 0 bridgehead atoms. The van der Waals surface area contributed by atoms with E-state index in [1.54, 1.807) is 18.2 Å². The summed E-state index contributed by atoms with van der Waals surface area (Å²) in [6, 6.07) is 7.06. The van der Waals surface area contributed by atoms with E-state index >= 15 is 0 Å². The van der Waals surface area contributed by atoms with Crippen molar-refractivity contribution in [2.24, 2.45) is 0 Å². The Kier molecular flexibility index (Phi) is 5.90. The first-order valence-electron chi connectivity index (χ1n) is 8.04. The number of hydrogen-bond acceptors (Lipinski definition) is 6. The lowest BCUT2D eigenvalue weighted by Gasteiger charge is -2.07. The highest BCUT2D eigenvalue weighted by molar-refractivity contribution is 14.1. The number of hydrogen-bond donors (Lipinski definition) is 2. The minimum atomic E-state index is -0.615. The molecule has 0 aliphatic heterocycles. The first-order chi connectivity index (χ1) is 12.9. The number of esters is 1. The Bertz CT molecular complexity index is 1090. The highest BCUT2D eigenvalue weighted by Crippen LogP contribution is 2.25. The van der Waals surface area contributed by atoms with Gasteiger partial charge in [0.2, 0.25) is 0 Å². The van der Waals surface area contributed by atoms with Crippen LogP contribution < -0.4 is 10.9 Å². The molecule has 0 radical (unpaired) electrons. The fraction of sp³-hybridized carbons (Fsp3) is 0.222. The lowest BCUT2D eigenvalue weighted by atomic mass is 10.2. The molecular weight excluding hydrogens is 481 g/mol. The lowest BCUT2D eigenvalue weighted by molar-refractivity contribution is -0.143. The Morgan fingerprint density at radius 2 is 2.04 bits per heavy atom. The van der Waals surface area contributed by atoms with Gasteiger partial charge in [0.05, 0.1) is 10.9 Å². The normalized spacial score (nSPS) is 10.8. The summed E-state index contributed by atoms with van der Waals surface area (Å²) in [6.45, 7) is 3.37. The van der Waals surface area contributed by atoms with Crippen LogP contribution in [0.5, 0.6) is 0 Å². The van der Waals surface area contributed by atoms with Gasteiger partial charge in [0.25, 0.3) is 11.5 Å². The maximum absolute atomic E-state index is 12.2. The Morgan fingerprint density at radius 3 is 2.78 bits per heavy atom. The number of halogens is 1. The van der Waals surface area contributed by atoms with Gasteiger partial charge in [-0.1, -0.05) is 12.1 Å². The predicted molar refractivity (Wildman–Crippen MR) is 111 cm³/mol. The Morgan fingerprint density at radius 1 is 1.30 bits per heavy atom. The van der Waals surface area contributed by atoms with Crippen LogP contribution in [0.1, 0.15) is 26.6 Å². The molecule has 0 saturated heterocycles. The predicted octanol–water partition coefficient (Wildman–Crippen LogP) is 2.68. The molecule has 1 amide bonds. The summed E-state index contributed by atoms with van der Waals surface area (Å²) < 4.78 is 5.89. The van der Waals surface area contributed by atoms with Gasteiger partial charge in [0, 0.05) is 8.45 Å². The standard InChI is InChI=1S/C18H16IN3O4S/c1-9-10(2)27-18-15(9)17(25)21-13(22-18)8-26-14(23)7-20-16(24)11-5-3-4-6-12(11)19/h3-6H,7-8H2,1-2H3,(H,20,24)(H,21,22,25). The third-order valence-corrected chi connectivity index (χ3v) is 6.01. The van der Waals surface area contributed by atoms with E-state index in [4.69, 9.17) is 4.74 Å². The number of aromatic nitrogens is 2. The molecule has 3 rings (SSSR count). The van der Waals surface area contributed by atoms with E-state index in [-0.39, 0.29) is 30.4 Å². The number of carbonyl (C=O) groups excluding carboxylic acids is 2. The number of aryl methyl sites for hydroxylation is 2. The number of fused-ring (bicyclic) bond motifs is 1. The molecular formula is C18H16IN3O4S. The second kappa shape index (κ2) is 8.17. The molecule has 0 saturated carbocycles. The monoisotopic (exact) mass is 497 g/mol. The summed E-state index contributed by atoms with van der Waals surface area (Å²) in [5.41, 5.74) is 1.15. The number of thiophene rings is 1. The second-order valence-corrected chi connectivity index (χ2v) is 8.16. The van der Waals surface area contributed by atoms with Crippen molar-refractivity contribution >= 4 is 56.0 Å². The summed E-state index contributed by atoms with van der Waals surface area (Å²) in [4.78, 5) is 44.8. The summed E-state index contributed by atoms with van der Waals surface area (Å²) >= 11 is 3.48. The van der Waals surface area contributed by atoms with Gasteiger partial charge in [-0.05, 0) is 54.1 Å². The van der Waals surface area contributed by atoms with Crippen LogP contribution in [-0.2, 0) is 16.1 Å². The molecule has 140 valence electrons. The maximum Gasteiger partial charge on any atom is 0.325 e. The summed E-state index contributed by atoms with van der Waals surface area (Å²) in [5.74, 6) is -0.698. The zero-order chi connectivity index (χ0) is 19.6. The number of ether oxygens (including phenoxy) is 1. The van der Waals surface area contributed by atoms with E-state index in [1.165, 1.54) is 11.3 Å². The van der Waals surface area contributed by atoms with E-state index in [1.807, 2.05) is 19.9 Å². The second-order valence-electron chi connectivity index (χ2n) is 5.80. The van der Waals surface area contributed by atoms with Crippen LogP contribution in [0.4, 0.5) is 0 Å². The highest BCUT2D eigenvalue weighted by atomic mass is 127. The summed E-state index contributed by atoms with van der Waals surface area (Å²) in [6.07, 6.45) is 0. The van der Waals surface area contributed by atoms with Gasteiger partial charge in [0.1, 0.15) is 23.8 Å². The van der Waals surface area contributed by atoms with E-state index in [0.29, 0.717) is 15.8 Å². The summed E-state index contributed by atoms with van der Waals surface area (Å²) in [7, 11) is 0. The van der Waals surface area contributed by atoms with Gasteiger partial charge < -0.3 is 15.0 Å². The molecule has 9 heteroatoms. The van der Waals surface area contributed by atoms with Crippen molar-refractivity contribution in [3.8, 4) is 0 Å². The fourth-order valence-electron chi connectivity index (χ4n) is 2.46. The lowest BCUT2D eigenvalue weighted by Crippen LogP contribution is -2.31. The van der Waals surface area contributed by atoms with Crippen LogP contribution in [-0.4, -0.2) is 28.4 Å². The van der Waals surface area contributed by atoms with Gasteiger partial charge in [-0.2, -0.15) is 0 Å². The smallest absolute Gasteiger partial charge is 0.325 e. The SMILES string of the molecule is Cc1sc2nc(COC(=O)CNC(=O)c3ccccc3I)[nH]c(=O)c2c1C. The van der Waals surface area contributed by atoms with Crippen LogP contribution in [0.25, 0.3) is 10.2 Å². The molecule has 3 aromatic rings. The van der Waals surface area contributed by atoms with E-state index in [9.17, 15) is 14.4 Å². The number of benzene rings is 1. The van der Waals surface area contributed by atoms with E-state index in [2.05, 4.69) is 37.9 Å². The van der Waals surface area contributed by atoms with Crippen LogP contribution in [0.3, 0.4) is 0 Å². The first kappa shape index (κ1) is 19.5. The quantitative estimate of drug-likeness (QED) is 0.417. The number of carbonyl (C=O) groups is 2. The summed E-state index contributed by atoms with van der Waals surface area (Å²) in [5, 5.41) is 3.09. The van der Waals surface area contributed by atoms with E-state index < -0.39 is 5.97 Å². The number of amides is 1. The molecule has 7 nitrogen and oxygen atoms in total. The topological polar surface area (TPSA) is 101 Å². The van der Waals surface area contributed by atoms with Crippen molar-refractivity contribution in [3.05, 3.63) is 60.0 Å². The fourth-order valence-corrected chi connectivity index (χ4v) is 4.14. The zero-order valence-corrected chi connectivity index (χ0v) is 17.6. The number of nitrogens with one attached hydrogen (secondary N) is 2. The van der Waals surface area contributed by atoms with Crippen LogP contribution in [0, 0.1) is 17.4 Å². The van der Waals surface area contributed by atoms with Gasteiger partial charge in [0.15, 0.2) is 0 Å². The van der Waals surface area contributed by atoms with Crippen molar-refractivity contribution < 1.29 is 14.3 Å². The molecule has 0 aliphatic rings. The highest BCUT2D eigenvalue weighted by Gasteiger charge is 2.14. The molecule has 0 atom stereocenters. The average molecular weight is 497 g/mol. The minimum Gasteiger partial charge on any atom is -0.456 e. The number of aromatic amines is 1. The van der Waals surface area contributed by atoms with Crippen molar-refractivity contribution in [1.29, 1.82) is 0 Å². The van der Waals surface area contributed by atoms with Crippen LogP contribution in [0.15, 0.2) is 29.1 Å². The third kappa shape index (κ3) is 4.35. The van der Waals surface area contributed by atoms with Crippen LogP contribution >= 0.6 is 33.9 Å². The molecule has 2 aromatic heterocycles. The van der Waals surface area contributed by atoms with Crippen molar-refractivity contribution in [1.82, 2.24) is 15.3 Å². The molecule has 27 heavy (non-hydrogen) atoms. The molecule has 0 spiro atoms. The molecule has 0 fully saturated rings. The third-order valence-electron chi connectivity index (χ3n) is 3.97.